The second-order valence-corrected chi connectivity index (χ2v) is 7.25. The molecule has 5 nitrogen and oxygen atoms in total. The molecular formula is C22H26FN4OS+. The first-order valence-electron chi connectivity index (χ1n) is 9.59. The smallest absolute Gasteiger partial charge is 0.203 e. The Hall–Kier alpha value is -2.77. The minimum absolute atomic E-state index is 0.276. The average Bonchev–Trinajstić information content (AvgIpc) is 3.00. The summed E-state index contributed by atoms with van der Waals surface area (Å²) in [5.41, 5.74) is 2.03. The number of allylic oxidation sites excluding steroid dienone is 1. The van der Waals surface area contributed by atoms with Gasteiger partial charge in [-0.3, -0.25) is 4.57 Å². The minimum Gasteiger partial charge on any atom is -0.494 e. The molecule has 3 rings (SSSR count). The molecule has 0 spiro atoms. The first-order valence-corrected chi connectivity index (χ1v) is 10.00. The summed E-state index contributed by atoms with van der Waals surface area (Å²) in [5.74, 6) is 1.31. The van der Waals surface area contributed by atoms with E-state index in [-0.39, 0.29) is 5.82 Å². The van der Waals surface area contributed by atoms with Gasteiger partial charge in [0.25, 0.3) is 0 Å². The number of hydrogen-bond donors (Lipinski definition) is 1. The summed E-state index contributed by atoms with van der Waals surface area (Å²) < 4.78 is 23.2. The monoisotopic (exact) mass is 413 g/mol. The summed E-state index contributed by atoms with van der Waals surface area (Å²) in [6.45, 7) is 8.43. The van der Waals surface area contributed by atoms with Crippen LogP contribution in [0.1, 0.15) is 12.5 Å². The van der Waals surface area contributed by atoms with E-state index in [1.807, 2.05) is 28.3 Å². The molecule has 1 heterocycles. The molecule has 0 fully saturated rings. The zero-order valence-corrected chi connectivity index (χ0v) is 17.6. The predicted octanol–water partition coefficient (Wildman–Crippen LogP) is 3.48. The molecule has 1 aromatic heterocycles. The number of ether oxygens (including phenoxy) is 1. The van der Waals surface area contributed by atoms with Crippen LogP contribution >= 0.6 is 12.2 Å². The number of halogens is 1. The SMILES string of the molecule is C=CCn1c(-c2ccc(F)cc2)nn(C[NH+](C)Cc2ccc(OCC)cc2)c1=S. The molecule has 0 saturated heterocycles. The summed E-state index contributed by atoms with van der Waals surface area (Å²) >= 11 is 5.64. The van der Waals surface area contributed by atoms with E-state index in [0.717, 1.165) is 17.9 Å². The Morgan fingerprint density at radius 2 is 1.86 bits per heavy atom. The van der Waals surface area contributed by atoms with Crippen molar-refractivity contribution in [2.75, 3.05) is 13.7 Å². The van der Waals surface area contributed by atoms with Crippen LogP contribution in [0.3, 0.4) is 0 Å². The van der Waals surface area contributed by atoms with E-state index in [0.29, 0.717) is 30.4 Å². The maximum absolute atomic E-state index is 13.3. The molecule has 0 bridgehead atoms. The summed E-state index contributed by atoms with van der Waals surface area (Å²) in [5, 5.41) is 4.71. The van der Waals surface area contributed by atoms with Crippen LogP contribution in [0, 0.1) is 10.6 Å². The van der Waals surface area contributed by atoms with E-state index in [1.54, 1.807) is 18.2 Å². The van der Waals surface area contributed by atoms with Gasteiger partial charge in [-0.2, -0.15) is 4.68 Å². The molecule has 0 aliphatic rings. The first kappa shape index (κ1) is 21.0. The normalized spacial score (nSPS) is 12.0. The van der Waals surface area contributed by atoms with E-state index in [1.165, 1.54) is 22.6 Å². The van der Waals surface area contributed by atoms with Gasteiger partial charge in [-0.1, -0.05) is 6.08 Å². The van der Waals surface area contributed by atoms with Crippen LogP contribution in [-0.2, 0) is 19.8 Å². The van der Waals surface area contributed by atoms with Crippen molar-refractivity contribution < 1.29 is 14.0 Å². The Kier molecular flexibility index (Phi) is 6.95. The number of quaternary nitrogens is 1. The van der Waals surface area contributed by atoms with Gasteiger partial charge in [0, 0.05) is 17.7 Å². The average molecular weight is 414 g/mol. The number of nitrogens with one attached hydrogen (secondary N) is 1. The molecule has 1 unspecified atom stereocenters. The van der Waals surface area contributed by atoms with Crippen LogP contribution in [-0.4, -0.2) is 28.0 Å². The number of nitrogens with zero attached hydrogens (tertiary/aromatic N) is 3. The molecule has 3 aromatic rings. The van der Waals surface area contributed by atoms with E-state index >= 15 is 0 Å². The summed E-state index contributed by atoms with van der Waals surface area (Å²) in [4.78, 5) is 1.24. The fourth-order valence-electron chi connectivity index (χ4n) is 3.18. The quantitative estimate of drug-likeness (QED) is 0.431. The summed E-state index contributed by atoms with van der Waals surface area (Å²) in [6.07, 6.45) is 1.78. The summed E-state index contributed by atoms with van der Waals surface area (Å²) in [6, 6.07) is 14.4. The van der Waals surface area contributed by atoms with Gasteiger partial charge in [-0.05, 0) is 67.7 Å². The molecule has 29 heavy (non-hydrogen) atoms. The highest BCUT2D eigenvalue weighted by atomic mass is 32.1. The number of hydrogen-bond acceptors (Lipinski definition) is 3. The van der Waals surface area contributed by atoms with Gasteiger partial charge in [-0.25, -0.2) is 4.39 Å². The maximum atomic E-state index is 13.3. The van der Waals surface area contributed by atoms with E-state index in [4.69, 9.17) is 22.1 Å². The van der Waals surface area contributed by atoms with Gasteiger partial charge in [0.05, 0.1) is 13.7 Å². The first-order chi connectivity index (χ1) is 14.0. The predicted molar refractivity (Wildman–Crippen MR) is 115 cm³/mol. The van der Waals surface area contributed by atoms with Crippen molar-refractivity contribution in [3.63, 3.8) is 0 Å². The van der Waals surface area contributed by atoms with E-state index in [2.05, 4.69) is 25.8 Å². The molecule has 0 aliphatic heterocycles. The van der Waals surface area contributed by atoms with Gasteiger partial charge >= 0.3 is 0 Å². The lowest BCUT2D eigenvalue weighted by molar-refractivity contribution is -0.917. The van der Waals surface area contributed by atoms with Gasteiger partial charge < -0.3 is 9.64 Å². The molecule has 152 valence electrons. The lowest BCUT2D eigenvalue weighted by Crippen LogP contribution is -3.07. The molecule has 2 aromatic carbocycles. The molecule has 0 saturated carbocycles. The highest BCUT2D eigenvalue weighted by Crippen LogP contribution is 2.19. The maximum Gasteiger partial charge on any atom is 0.203 e. The third-order valence-corrected chi connectivity index (χ3v) is 4.93. The van der Waals surface area contributed by atoms with Crippen LogP contribution in [0.4, 0.5) is 4.39 Å². The van der Waals surface area contributed by atoms with Gasteiger partial charge in [-0.15, -0.1) is 11.7 Å². The van der Waals surface area contributed by atoms with E-state index < -0.39 is 0 Å². The summed E-state index contributed by atoms with van der Waals surface area (Å²) in [7, 11) is 2.10. The fourth-order valence-corrected chi connectivity index (χ4v) is 3.45. The second-order valence-electron chi connectivity index (χ2n) is 6.88. The zero-order chi connectivity index (χ0) is 20.8. The van der Waals surface area contributed by atoms with Crippen LogP contribution in [0.5, 0.6) is 5.75 Å². The van der Waals surface area contributed by atoms with Crippen molar-refractivity contribution in [2.24, 2.45) is 0 Å². The Balaban J connectivity index is 1.79. The van der Waals surface area contributed by atoms with Crippen LogP contribution in [0.15, 0.2) is 61.2 Å². The standard InChI is InChI=1S/C22H25FN4OS/c1-4-14-26-21(18-8-10-19(23)11-9-18)24-27(22(26)29)16-25(3)15-17-6-12-20(13-7-17)28-5-2/h4,6-13H,1,5,14-16H2,2-3H3/p+1. The molecule has 7 heteroatoms. The molecule has 0 amide bonds. The third kappa shape index (κ3) is 5.19. The number of rotatable bonds is 9. The van der Waals surface area contributed by atoms with Crippen molar-refractivity contribution in [1.82, 2.24) is 14.3 Å². The third-order valence-electron chi connectivity index (χ3n) is 4.50. The highest BCUT2D eigenvalue weighted by molar-refractivity contribution is 7.71. The Morgan fingerprint density at radius 3 is 2.48 bits per heavy atom. The Labute approximate surface area is 175 Å². The Morgan fingerprint density at radius 1 is 1.17 bits per heavy atom. The van der Waals surface area contributed by atoms with Crippen LogP contribution in [0.2, 0.25) is 0 Å². The highest BCUT2D eigenvalue weighted by Gasteiger charge is 2.15. The molecule has 1 N–H and O–H groups in total. The molecule has 0 radical (unpaired) electrons. The van der Waals surface area contributed by atoms with Crippen LogP contribution in [0.25, 0.3) is 11.4 Å². The van der Waals surface area contributed by atoms with Crippen molar-refractivity contribution in [1.29, 1.82) is 0 Å². The number of aromatic nitrogens is 3. The van der Waals surface area contributed by atoms with Gasteiger partial charge in [0.1, 0.15) is 18.1 Å². The molecule has 0 aliphatic carbocycles. The zero-order valence-electron chi connectivity index (χ0n) is 16.8. The molecular weight excluding hydrogens is 387 g/mol. The van der Waals surface area contributed by atoms with Crippen molar-refractivity contribution >= 4 is 12.2 Å². The van der Waals surface area contributed by atoms with Crippen molar-refractivity contribution in [3.05, 3.63) is 77.3 Å². The largest absolute Gasteiger partial charge is 0.494 e. The Bertz CT molecular complexity index is 1010. The lowest BCUT2D eigenvalue weighted by Gasteiger charge is -2.14. The fraction of sp³-hybridized carbons (Fsp3) is 0.273. The van der Waals surface area contributed by atoms with Gasteiger partial charge in [0.15, 0.2) is 12.5 Å². The number of benzene rings is 2. The van der Waals surface area contributed by atoms with Crippen molar-refractivity contribution in [2.45, 2.75) is 26.7 Å². The lowest BCUT2D eigenvalue weighted by atomic mass is 10.2. The van der Waals surface area contributed by atoms with Gasteiger partial charge in [0.2, 0.25) is 4.77 Å². The van der Waals surface area contributed by atoms with Crippen molar-refractivity contribution in [3.8, 4) is 17.1 Å². The minimum atomic E-state index is -0.276. The van der Waals surface area contributed by atoms with E-state index in [9.17, 15) is 4.39 Å². The second kappa shape index (κ2) is 9.62. The van der Waals surface area contributed by atoms with Crippen LogP contribution < -0.4 is 9.64 Å². The molecule has 1 atom stereocenters. The topological polar surface area (TPSA) is 36.4 Å².